The van der Waals surface area contributed by atoms with Gasteiger partial charge in [-0.1, -0.05) is 0 Å². The molecule has 0 aliphatic carbocycles. The van der Waals surface area contributed by atoms with Gasteiger partial charge in [-0.05, 0) is 38.0 Å². The van der Waals surface area contributed by atoms with Crippen LogP contribution in [0.5, 0.6) is 0 Å². The van der Waals surface area contributed by atoms with Gasteiger partial charge in [0.05, 0.1) is 6.10 Å². The molecule has 1 aromatic rings. The van der Waals surface area contributed by atoms with Crippen molar-refractivity contribution in [2.24, 2.45) is 0 Å². The Morgan fingerprint density at radius 3 is 2.57 bits per heavy atom. The smallest absolute Gasteiger partial charge is 0.0636 e. The molecule has 0 spiro atoms. The highest BCUT2D eigenvalue weighted by molar-refractivity contribution is 5.10. The van der Waals surface area contributed by atoms with Crippen LogP contribution in [0.3, 0.4) is 0 Å². The van der Waals surface area contributed by atoms with E-state index in [0.29, 0.717) is 12.6 Å². The van der Waals surface area contributed by atoms with Crippen LogP contribution in [-0.4, -0.2) is 28.8 Å². The van der Waals surface area contributed by atoms with Crippen LogP contribution in [0.1, 0.15) is 19.4 Å². The molecule has 78 valence electrons. The maximum absolute atomic E-state index is 9.09. The molecule has 3 heteroatoms. The van der Waals surface area contributed by atoms with Crippen molar-refractivity contribution in [1.82, 2.24) is 10.3 Å². The predicted molar refractivity (Wildman–Crippen MR) is 57.1 cm³/mol. The summed E-state index contributed by atoms with van der Waals surface area (Å²) in [5.74, 6) is 0. The summed E-state index contributed by atoms with van der Waals surface area (Å²) in [5.41, 5.74) is 1.27. The number of nitrogens with one attached hydrogen (secondary N) is 1. The van der Waals surface area contributed by atoms with E-state index in [4.69, 9.17) is 5.11 Å². The lowest BCUT2D eigenvalue weighted by Crippen LogP contribution is -2.33. The van der Waals surface area contributed by atoms with E-state index < -0.39 is 0 Å². The molecule has 1 heterocycles. The molecule has 14 heavy (non-hydrogen) atoms. The van der Waals surface area contributed by atoms with E-state index in [1.807, 2.05) is 12.1 Å². The molecule has 1 unspecified atom stereocenters. The SMILES string of the molecule is CC(Cc1ccncc1)NC[C@H](C)O. The van der Waals surface area contributed by atoms with Gasteiger partial charge in [0.15, 0.2) is 0 Å². The lowest BCUT2D eigenvalue weighted by Gasteiger charge is -2.14. The Hall–Kier alpha value is -0.930. The van der Waals surface area contributed by atoms with Crippen molar-refractivity contribution in [3.05, 3.63) is 30.1 Å². The first-order valence-corrected chi connectivity index (χ1v) is 4.99. The summed E-state index contributed by atoms with van der Waals surface area (Å²) in [5, 5.41) is 12.4. The summed E-state index contributed by atoms with van der Waals surface area (Å²) in [6, 6.07) is 4.41. The number of pyridine rings is 1. The number of aliphatic hydroxyl groups is 1. The third-order valence-electron chi connectivity index (χ3n) is 2.05. The first-order valence-electron chi connectivity index (χ1n) is 4.99. The molecular weight excluding hydrogens is 176 g/mol. The van der Waals surface area contributed by atoms with Gasteiger partial charge in [0.25, 0.3) is 0 Å². The van der Waals surface area contributed by atoms with Crippen molar-refractivity contribution in [2.45, 2.75) is 32.4 Å². The van der Waals surface area contributed by atoms with Crippen LogP contribution in [0, 0.1) is 0 Å². The normalized spacial score (nSPS) is 15.1. The monoisotopic (exact) mass is 194 g/mol. The van der Waals surface area contributed by atoms with Gasteiger partial charge >= 0.3 is 0 Å². The van der Waals surface area contributed by atoms with Gasteiger partial charge in [0.2, 0.25) is 0 Å². The molecule has 1 rings (SSSR count). The minimum Gasteiger partial charge on any atom is -0.392 e. The standard InChI is InChI=1S/C11H18N2O/c1-9(13-8-10(2)14)7-11-3-5-12-6-4-11/h3-6,9-10,13-14H,7-8H2,1-2H3/t9?,10-/m0/s1. The van der Waals surface area contributed by atoms with Crippen LogP contribution in [-0.2, 0) is 6.42 Å². The highest BCUT2D eigenvalue weighted by Gasteiger charge is 2.03. The first-order chi connectivity index (χ1) is 6.68. The fourth-order valence-electron chi connectivity index (χ4n) is 1.32. The van der Waals surface area contributed by atoms with Gasteiger partial charge < -0.3 is 10.4 Å². The van der Waals surface area contributed by atoms with E-state index in [-0.39, 0.29) is 6.10 Å². The highest BCUT2D eigenvalue weighted by Crippen LogP contribution is 2.00. The van der Waals surface area contributed by atoms with E-state index >= 15 is 0 Å². The predicted octanol–water partition coefficient (Wildman–Crippen LogP) is 0.983. The zero-order chi connectivity index (χ0) is 10.4. The Labute approximate surface area is 85.2 Å². The van der Waals surface area contributed by atoms with Crippen LogP contribution in [0.15, 0.2) is 24.5 Å². The third kappa shape index (κ3) is 4.35. The summed E-state index contributed by atoms with van der Waals surface area (Å²) >= 11 is 0. The number of nitrogens with zero attached hydrogens (tertiary/aromatic N) is 1. The molecule has 0 amide bonds. The van der Waals surface area contributed by atoms with Gasteiger partial charge in [-0.15, -0.1) is 0 Å². The lowest BCUT2D eigenvalue weighted by molar-refractivity contribution is 0.187. The van der Waals surface area contributed by atoms with Crippen molar-refractivity contribution in [2.75, 3.05) is 6.54 Å². The lowest BCUT2D eigenvalue weighted by atomic mass is 10.1. The van der Waals surface area contributed by atoms with Crippen molar-refractivity contribution >= 4 is 0 Å². The Kier molecular flexibility index (Phi) is 4.56. The maximum Gasteiger partial charge on any atom is 0.0636 e. The molecule has 0 radical (unpaired) electrons. The second-order valence-electron chi connectivity index (χ2n) is 3.72. The van der Waals surface area contributed by atoms with E-state index in [2.05, 4.69) is 17.2 Å². The molecule has 2 atom stereocenters. The molecule has 2 N–H and O–H groups in total. The zero-order valence-corrected chi connectivity index (χ0v) is 8.77. The summed E-state index contributed by atoms with van der Waals surface area (Å²) in [4.78, 5) is 3.97. The first kappa shape index (κ1) is 11.1. The number of aromatic nitrogens is 1. The van der Waals surface area contributed by atoms with E-state index in [9.17, 15) is 0 Å². The van der Waals surface area contributed by atoms with Gasteiger partial charge in [0, 0.05) is 25.0 Å². The van der Waals surface area contributed by atoms with E-state index in [1.165, 1.54) is 5.56 Å². The molecule has 0 saturated heterocycles. The van der Waals surface area contributed by atoms with Crippen LogP contribution < -0.4 is 5.32 Å². The molecule has 0 aliphatic heterocycles. The second kappa shape index (κ2) is 5.73. The quantitative estimate of drug-likeness (QED) is 0.734. The van der Waals surface area contributed by atoms with Crippen molar-refractivity contribution < 1.29 is 5.11 Å². The Morgan fingerprint density at radius 1 is 1.36 bits per heavy atom. The second-order valence-corrected chi connectivity index (χ2v) is 3.72. The minimum atomic E-state index is -0.283. The average Bonchev–Trinajstić information content (AvgIpc) is 2.16. The largest absolute Gasteiger partial charge is 0.392 e. The molecule has 3 nitrogen and oxygen atoms in total. The van der Waals surface area contributed by atoms with Gasteiger partial charge in [0.1, 0.15) is 0 Å². The molecule has 0 fully saturated rings. The van der Waals surface area contributed by atoms with Crippen molar-refractivity contribution in [3.63, 3.8) is 0 Å². The molecule has 0 aromatic carbocycles. The Morgan fingerprint density at radius 2 is 2.00 bits per heavy atom. The van der Waals surface area contributed by atoms with Gasteiger partial charge in [-0.3, -0.25) is 4.98 Å². The summed E-state index contributed by atoms with van der Waals surface area (Å²) < 4.78 is 0. The molecule has 0 aliphatic rings. The fraction of sp³-hybridized carbons (Fsp3) is 0.545. The van der Waals surface area contributed by atoms with Crippen LogP contribution in [0.4, 0.5) is 0 Å². The Balaban J connectivity index is 2.30. The average molecular weight is 194 g/mol. The zero-order valence-electron chi connectivity index (χ0n) is 8.77. The molecule has 0 saturated carbocycles. The molecule has 0 bridgehead atoms. The fourth-order valence-corrected chi connectivity index (χ4v) is 1.32. The number of aliphatic hydroxyl groups excluding tert-OH is 1. The number of hydrogen-bond acceptors (Lipinski definition) is 3. The molecule has 1 aromatic heterocycles. The topological polar surface area (TPSA) is 45.2 Å². The van der Waals surface area contributed by atoms with Crippen LogP contribution in [0.2, 0.25) is 0 Å². The van der Waals surface area contributed by atoms with Crippen LogP contribution >= 0.6 is 0 Å². The summed E-state index contributed by atoms with van der Waals surface area (Å²) in [6.07, 6.45) is 4.29. The highest BCUT2D eigenvalue weighted by atomic mass is 16.3. The Bertz CT molecular complexity index is 249. The number of rotatable bonds is 5. The minimum absolute atomic E-state index is 0.283. The van der Waals surface area contributed by atoms with E-state index in [1.54, 1.807) is 19.3 Å². The van der Waals surface area contributed by atoms with Crippen LogP contribution in [0.25, 0.3) is 0 Å². The van der Waals surface area contributed by atoms with Crippen molar-refractivity contribution in [3.8, 4) is 0 Å². The summed E-state index contributed by atoms with van der Waals surface area (Å²) in [7, 11) is 0. The molecular formula is C11H18N2O. The third-order valence-corrected chi connectivity index (χ3v) is 2.05. The van der Waals surface area contributed by atoms with Gasteiger partial charge in [-0.25, -0.2) is 0 Å². The summed E-state index contributed by atoms with van der Waals surface area (Å²) in [6.45, 7) is 4.54. The van der Waals surface area contributed by atoms with E-state index in [0.717, 1.165) is 6.42 Å². The van der Waals surface area contributed by atoms with Gasteiger partial charge in [-0.2, -0.15) is 0 Å². The van der Waals surface area contributed by atoms with Crippen molar-refractivity contribution in [1.29, 1.82) is 0 Å². The maximum atomic E-state index is 9.09. The number of hydrogen-bond donors (Lipinski definition) is 2.